The predicted octanol–water partition coefficient (Wildman–Crippen LogP) is 0.621. The second-order valence-electron chi connectivity index (χ2n) is 5.91. The van der Waals surface area contributed by atoms with E-state index in [1.54, 1.807) is 18.2 Å². The van der Waals surface area contributed by atoms with Crippen molar-refractivity contribution in [2.75, 3.05) is 26.0 Å². The second kappa shape index (κ2) is 7.63. The molecule has 0 bridgehead atoms. The van der Waals surface area contributed by atoms with Gasteiger partial charge in [-0.25, -0.2) is 12.7 Å². The molecule has 10 nitrogen and oxygen atoms in total. The summed E-state index contributed by atoms with van der Waals surface area (Å²) in [4.78, 5) is 18.5. The summed E-state index contributed by atoms with van der Waals surface area (Å²) in [6.07, 6.45) is 0. The maximum absolute atomic E-state index is 12.3. The van der Waals surface area contributed by atoms with Crippen LogP contribution in [0.3, 0.4) is 0 Å². The van der Waals surface area contributed by atoms with E-state index in [1.807, 2.05) is 6.07 Å². The van der Waals surface area contributed by atoms with Crippen LogP contribution in [0.1, 0.15) is 5.56 Å². The summed E-state index contributed by atoms with van der Waals surface area (Å²) in [7, 11) is -0.783. The Morgan fingerprint density at radius 1 is 1.29 bits per heavy atom. The first-order chi connectivity index (χ1) is 13.3. The molecule has 0 atom stereocenters. The van der Waals surface area contributed by atoms with Gasteiger partial charge in [-0.1, -0.05) is 10.9 Å². The van der Waals surface area contributed by atoms with Crippen molar-refractivity contribution in [3.63, 3.8) is 0 Å². The smallest absolute Gasteiger partial charge is 0.265 e. The predicted molar refractivity (Wildman–Crippen MR) is 99.6 cm³/mol. The molecule has 2 aromatic carbocycles. The van der Waals surface area contributed by atoms with E-state index in [9.17, 15) is 13.2 Å². The SMILES string of the molecule is CN(C)S(=O)(=O)c1ccc2nnn(OCC(=O)Nc3cccc(C#N)c3)c2c1. The molecule has 1 heterocycles. The van der Waals surface area contributed by atoms with Crippen LogP contribution in [0.25, 0.3) is 11.0 Å². The quantitative estimate of drug-likeness (QED) is 0.642. The van der Waals surface area contributed by atoms with E-state index < -0.39 is 15.9 Å². The summed E-state index contributed by atoms with van der Waals surface area (Å²) < 4.78 is 25.6. The van der Waals surface area contributed by atoms with Crippen LogP contribution in [0.2, 0.25) is 0 Å². The molecule has 1 amide bonds. The van der Waals surface area contributed by atoms with Crippen LogP contribution in [0, 0.1) is 11.3 Å². The first-order valence-corrected chi connectivity index (χ1v) is 9.46. The molecule has 0 saturated heterocycles. The normalized spacial score (nSPS) is 11.4. The number of sulfonamides is 1. The molecule has 0 aliphatic carbocycles. The topological polar surface area (TPSA) is 130 Å². The lowest BCUT2D eigenvalue weighted by molar-refractivity contribution is -0.121. The van der Waals surface area contributed by atoms with Crippen molar-refractivity contribution in [1.82, 2.24) is 19.5 Å². The second-order valence-corrected chi connectivity index (χ2v) is 8.07. The van der Waals surface area contributed by atoms with Crippen molar-refractivity contribution >= 4 is 32.7 Å². The Bertz CT molecular complexity index is 1180. The minimum atomic E-state index is -3.64. The Morgan fingerprint density at radius 3 is 2.79 bits per heavy atom. The van der Waals surface area contributed by atoms with E-state index in [-0.39, 0.29) is 11.5 Å². The van der Waals surface area contributed by atoms with Gasteiger partial charge in [0.2, 0.25) is 10.0 Å². The standard InChI is InChI=1S/C17H16N6O4S/c1-22(2)28(25,26)14-6-7-15-16(9-14)23(21-20-15)27-11-17(24)19-13-5-3-4-12(8-13)10-18/h3-9H,11H2,1-2H3,(H,19,24). The zero-order valence-corrected chi connectivity index (χ0v) is 15.8. The lowest BCUT2D eigenvalue weighted by Gasteiger charge is -2.11. The number of aromatic nitrogens is 3. The first kappa shape index (κ1) is 19.3. The number of nitrogens with one attached hydrogen (secondary N) is 1. The number of nitrogens with zero attached hydrogens (tertiary/aromatic N) is 5. The molecule has 1 aromatic heterocycles. The fourth-order valence-electron chi connectivity index (χ4n) is 2.33. The Labute approximate surface area is 160 Å². The summed E-state index contributed by atoms with van der Waals surface area (Å²) in [6.45, 7) is -0.389. The number of carbonyl (C=O) groups is 1. The minimum Gasteiger partial charge on any atom is -0.385 e. The van der Waals surface area contributed by atoms with Crippen LogP contribution < -0.4 is 10.2 Å². The summed E-state index contributed by atoms with van der Waals surface area (Å²) in [5.74, 6) is -0.476. The molecular weight excluding hydrogens is 384 g/mol. The Kier molecular flexibility index (Phi) is 5.25. The van der Waals surface area contributed by atoms with Crippen LogP contribution in [-0.2, 0) is 14.8 Å². The van der Waals surface area contributed by atoms with Gasteiger partial charge in [-0.05, 0) is 41.6 Å². The summed E-state index contributed by atoms with van der Waals surface area (Å²) in [6, 6.07) is 12.7. The maximum atomic E-state index is 12.3. The lowest BCUT2D eigenvalue weighted by atomic mass is 10.2. The number of amides is 1. The van der Waals surface area contributed by atoms with Crippen molar-refractivity contribution in [1.29, 1.82) is 5.26 Å². The molecule has 144 valence electrons. The third kappa shape index (κ3) is 3.93. The lowest BCUT2D eigenvalue weighted by Crippen LogP contribution is -2.26. The Morgan fingerprint density at radius 2 is 2.07 bits per heavy atom. The molecule has 0 saturated carbocycles. The molecule has 3 aromatic rings. The van der Waals surface area contributed by atoms with Gasteiger partial charge in [-0.3, -0.25) is 4.79 Å². The molecule has 3 rings (SSSR count). The van der Waals surface area contributed by atoms with Gasteiger partial charge >= 0.3 is 0 Å². The highest BCUT2D eigenvalue weighted by Crippen LogP contribution is 2.19. The van der Waals surface area contributed by atoms with Gasteiger partial charge in [0.05, 0.1) is 16.5 Å². The van der Waals surface area contributed by atoms with Crippen LogP contribution >= 0.6 is 0 Å². The van der Waals surface area contributed by atoms with Gasteiger partial charge < -0.3 is 10.2 Å². The monoisotopic (exact) mass is 400 g/mol. The number of benzene rings is 2. The largest absolute Gasteiger partial charge is 0.385 e. The van der Waals surface area contributed by atoms with E-state index in [1.165, 1.54) is 38.4 Å². The fraction of sp³-hybridized carbons (Fsp3) is 0.176. The highest BCUT2D eigenvalue weighted by molar-refractivity contribution is 7.89. The van der Waals surface area contributed by atoms with Crippen molar-refractivity contribution in [2.24, 2.45) is 0 Å². The van der Waals surface area contributed by atoms with Gasteiger partial charge in [0.15, 0.2) is 6.61 Å². The highest BCUT2D eigenvalue weighted by Gasteiger charge is 2.19. The number of hydrogen-bond acceptors (Lipinski definition) is 7. The third-order valence-electron chi connectivity index (χ3n) is 3.76. The molecule has 0 aliphatic heterocycles. The summed E-state index contributed by atoms with van der Waals surface area (Å²) in [5, 5.41) is 19.2. The summed E-state index contributed by atoms with van der Waals surface area (Å²) >= 11 is 0. The van der Waals surface area contributed by atoms with Crippen molar-refractivity contribution in [2.45, 2.75) is 4.90 Å². The van der Waals surface area contributed by atoms with Gasteiger partial charge in [0.25, 0.3) is 5.91 Å². The van der Waals surface area contributed by atoms with Gasteiger partial charge in [-0.2, -0.15) is 5.26 Å². The molecule has 0 spiro atoms. The number of hydrogen-bond donors (Lipinski definition) is 1. The molecule has 0 aliphatic rings. The zero-order chi connectivity index (χ0) is 20.3. The Balaban J connectivity index is 1.75. The number of carbonyl (C=O) groups excluding carboxylic acids is 1. The molecular formula is C17H16N6O4S. The van der Waals surface area contributed by atoms with E-state index >= 15 is 0 Å². The molecule has 28 heavy (non-hydrogen) atoms. The average molecular weight is 400 g/mol. The van der Waals surface area contributed by atoms with Crippen molar-refractivity contribution < 1.29 is 18.0 Å². The number of nitriles is 1. The number of rotatable bonds is 6. The first-order valence-electron chi connectivity index (χ1n) is 8.02. The van der Waals surface area contributed by atoms with Crippen LogP contribution in [0.5, 0.6) is 0 Å². The van der Waals surface area contributed by atoms with Crippen molar-refractivity contribution in [3.8, 4) is 6.07 Å². The van der Waals surface area contributed by atoms with Crippen LogP contribution in [0.15, 0.2) is 47.4 Å². The maximum Gasteiger partial charge on any atom is 0.265 e. The molecule has 11 heteroatoms. The van der Waals surface area contributed by atoms with Gasteiger partial charge in [-0.15, -0.1) is 5.10 Å². The van der Waals surface area contributed by atoms with E-state index in [0.717, 1.165) is 9.15 Å². The number of anilines is 1. The minimum absolute atomic E-state index is 0.0509. The zero-order valence-electron chi connectivity index (χ0n) is 15.0. The highest BCUT2D eigenvalue weighted by atomic mass is 32.2. The van der Waals surface area contributed by atoms with E-state index in [2.05, 4.69) is 15.6 Å². The third-order valence-corrected chi connectivity index (χ3v) is 5.57. The van der Waals surface area contributed by atoms with Gasteiger partial charge in [0.1, 0.15) is 11.0 Å². The van der Waals surface area contributed by atoms with Crippen LogP contribution in [-0.4, -0.2) is 54.5 Å². The number of fused-ring (bicyclic) bond motifs is 1. The molecule has 1 N–H and O–H groups in total. The van der Waals surface area contributed by atoms with Crippen LogP contribution in [0.4, 0.5) is 5.69 Å². The molecule has 0 radical (unpaired) electrons. The van der Waals surface area contributed by atoms with Crippen molar-refractivity contribution in [3.05, 3.63) is 48.0 Å². The average Bonchev–Trinajstić information content (AvgIpc) is 3.08. The molecule has 0 unspecified atom stereocenters. The Hall–Kier alpha value is -3.49. The van der Waals surface area contributed by atoms with E-state index in [0.29, 0.717) is 22.3 Å². The van der Waals surface area contributed by atoms with E-state index in [4.69, 9.17) is 10.1 Å². The fourth-order valence-corrected chi connectivity index (χ4v) is 3.25. The van der Waals surface area contributed by atoms with Gasteiger partial charge in [0, 0.05) is 19.8 Å². The summed E-state index contributed by atoms with van der Waals surface area (Å²) in [5.41, 5.74) is 1.59. The molecule has 0 fully saturated rings.